The van der Waals surface area contributed by atoms with E-state index in [-0.39, 0.29) is 46.7 Å². The molecule has 136 valence electrons. The van der Waals surface area contributed by atoms with Gasteiger partial charge in [0, 0.05) is 31.0 Å². The summed E-state index contributed by atoms with van der Waals surface area (Å²) in [7, 11) is 0. The fourth-order valence-corrected chi connectivity index (χ4v) is 2.69. The van der Waals surface area contributed by atoms with Gasteiger partial charge in [0.05, 0.1) is 0 Å². The number of carbonyl (C=O) groups is 3. The number of nitrogens with two attached hydrogens (primary N) is 2. The number of nitrogens with zero attached hydrogens (tertiary/aromatic N) is 3. The van der Waals surface area contributed by atoms with Crippen LogP contribution in [0.4, 0.5) is 5.82 Å². The highest BCUT2D eigenvalue weighted by Gasteiger charge is 2.31. The summed E-state index contributed by atoms with van der Waals surface area (Å²) in [6, 6.07) is 1.30. The largest absolute Gasteiger partial charge is 0.382 e. The molecule has 0 atom stereocenters. The molecule has 0 bridgehead atoms. The van der Waals surface area contributed by atoms with Crippen molar-refractivity contribution in [3.63, 3.8) is 0 Å². The minimum atomic E-state index is -0.705. The molecule has 0 spiro atoms. The first kappa shape index (κ1) is 17.3. The number of aromatic nitrogens is 4. The lowest BCUT2D eigenvalue weighted by molar-refractivity contribution is 0.0858. The van der Waals surface area contributed by atoms with Gasteiger partial charge in [-0.2, -0.15) is 5.10 Å². The molecular formula is C15H18N8O3. The first-order chi connectivity index (χ1) is 12.4. The van der Waals surface area contributed by atoms with Crippen molar-refractivity contribution >= 4 is 23.5 Å². The minimum Gasteiger partial charge on any atom is -0.382 e. The Morgan fingerprint density at radius 1 is 1.19 bits per heavy atom. The Kier molecular flexibility index (Phi) is 4.78. The van der Waals surface area contributed by atoms with Crippen LogP contribution >= 0.6 is 0 Å². The second-order valence-corrected chi connectivity index (χ2v) is 6.04. The molecule has 1 saturated carbocycles. The van der Waals surface area contributed by atoms with E-state index in [1.165, 1.54) is 18.5 Å². The molecule has 26 heavy (non-hydrogen) atoms. The van der Waals surface area contributed by atoms with Gasteiger partial charge in [-0.05, 0) is 18.8 Å². The zero-order valence-corrected chi connectivity index (χ0v) is 13.7. The average Bonchev–Trinajstić information content (AvgIpc) is 3.07. The van der Waals surface area contributed by atoms with Crippen LogP contribution in [0.2, 0.25) is 0 Å². The number of nitrogens with one attached hydrogen (secondary N) is 3. The summed E-state index contributed by atoms with van der Waals surface area (Å²) in [5.41, 5.74) is 11.0. The van der Waals surface area contributed by atoms with E-state index in [9.17, 15) is 14.4 Å². The van der Waals surface area contributed by atoms with Crippen LogP contribution in [0.15, 0.2) is 18.5 Å². The van der Waals surface area contributed by atoms with Crippen molar-refractivity contribution in [1.29, 1.82) is 0 Å². The average molecular weight is 358 g/mol. The van der Waals surface area contributed by atoms with Crippen LogP contribution in [0.25, 0.3) is 0 Å². The third-order valence-corrected chi connectivity index (χ3v) is 4.14. The number of rotatable bonds is 6. The lowest BCUT2D eigenvalue weighted by Gasteiger charge is -2.35. The number of aromatic amines is 1. The van der Waals surface area contributed by atoms with Crippen molar-refractivity contribution in [2.24, 2.45) is 11.7 Å². The summed E-state index contributed by atoms with van der Waals surface area (Å²) in [6.07, 6.45) is 4.26. The van der Waals surface area contributed by atoms with Crippen LogP contribution in [0.5, 0.6) is 0 Å². The van der Waals surface area contributed by atoms with Crippen LogP contribution in [-0.4, -0.2) is 50.5 Å². The maximum absolute atomic E-state index is 12.0. The number of hydrogen-bond acceptors (Lipinski definition) is 7. The normalized spacial score (nSPS) is 18.6. The van der Waals surface area contributed by atoms with Crippen molar-refractivity contribution in [2.75, 3.05) is 12.3 Å². The molecular weight excluding hydrogens is 340 g/mol. The van der Waals surface area contributed by atoms with Gasteiger partial charge < -0.3 is 22.1 Å². The first-order valence-electron chi connectivity index (χ1n) is 7.94. The Morgan fingerprint density at radius 3 is 2.58 bits per heavy atom. The zero-order chi connectivity index (χ0) is 18.7. The zero-order valence-electron chi connectivity index (χ0n) is 13.7. The van der Waals surface area contributed by atoms with E-state index in [0.29, 0.717) is 6.54 Å². The van der Waals surface area contributed by atoms with Gasteiger partial charge in [-0.3, -0.25) is 19.5 Å². The van der Waals surface area contributed by atoms with Gasteiger partial charge in [0.2, 0.25) is 0 Å². The van der Waals surface area contributed by atoms with E-state index in [4.69, 9.17) is 11.5 Å². The molecule has 11 nitrogen and oxygen atoms in total. The molecule has 2 aromatic rings. The second kappa shape index (κ2) is 7.17. The molecule has 0 aromatic carbocycles. The summed E-state index contributed by atoms with van der Waals surface area (Å²) in [6.45, 7) is 0.455. The van der Waals surface area contributed by atoms with Gasteiger partial charge in [0.25, 0.3) is 17.7 Å². The summed E-state index contributed by atoms with van der Waals surface area (Å²) in [4.78, 5) is 42.7. The quantitative estimate of drug-likeness (QED) is 0.430. The smallest absolute Gasteiger partial charge is 0.273 e. The highest BCUT2D eigenvalue weighted by molar-refractivity contribution is 5.97. The molecule has 1 aliphatic rings. The van der Waals surface area contributed by atoms with E-state index >= 15 is 0 Å². The van der Waals surface area contributed by atoms with E-state index in [0.717, 1.165) is 12.8 Å². The van der Waals surface area contributed by atoms with E-state index < -0.39 is 5.91 Å². The summed E-state index contributed by atoms with van der Waals surface area (Å²) in [5, 5.41) is 11.7. The monoisotopic (exact) mass is 358 g/mol. The maximum Gasteiger partial charge on any atom is 0.273 e. The molecule has 0 unspecified atom stereocenters. The summed E-state index contributed by atoms with van der Waals surface area (Å²) >= 11 is 0. The van der Waals surface area contributed by atoms with Gasteiger partial charge in [-0.1, -0.05) is 0 Å². The van der Waals surface area contributed by atoms with Crippen LogP contribution in [0.3, 0.4) is 0 Å². The van der Waals surface area contributed by atoms with Crippen molar-refractivity contribution in [1.82, 2.24) is 30.8 Å². The van der Waals surface area contributed by atoms with Crippen molar-refractivity contribution in [3.8, 4) is 0 Å². The number of nitrogen functional groups attached to an aromatic ring is 1. The third-order valence-electron chi connectivity index (χ3n) is 4.14. The SMILES string of the molecule is NC(=O)c1cc(C(=O)NC2CC(CNC(=O)c3nccnc3N)C2)[nH]n1. The molecule has 3 amide bonds. The number of carbonyl (C=O) groups excluding carboxylic acids is 3. The number of amides is 3. The van der Waals surface area contributed by atoms with E-state index in [1.54, 1.807) is 0 Å². The second-order valence-electron chi connectivity index (χ2n) is 6.04. The topological polar surface area (TPSA) is 182 Å². The number of hydrogen-bond donors (Lipinski definition) is 5. The van der Waals surface area contributed by atoms with E-state index in [2.05, 4.69) is 30.8 Å². The molecule has 2 heterocycles. The highest BCUT2D eigenvalue weighted by Crippen LogP contribution is 2.27. The lowest BCUT2D eigenvalue weighted by atomic mass is 9.80. The van der Waals surface area contributed by atoms with Gasteiger partial charge in [-0.15, -0.1) is 0 Å². The minimum absolute atomic E-state index is 0.00707. The predicted molar refractivity (Wildman–Crippen MR) is 89.9 cm³/mol. The fourth-order valence-electron chi connectivity index (χ4n) is 2.69. The van der Waals surface area contributed by atoms with Crippen molar-refractivity contribution in [2.45, 2.75) is 18.9 Å². The van der Waals surface area contributed by atoms with Gasteiger partial charge in [-0.25, -0.2) is 9.97 Å². The molecule has 0 radical (unpaired) electrons. The number of primary amides is 1. The Labute approximate surface area is 148 Å². The van der Waals surface area contributed by atoms with Gasteiger partial charge in [0.15, 0.2) is 17.2 Å². The van der Waals surface area contributed by atoms with Gasteiger partial charge >= 0.3 is 0 Å². The van der Waals surface area contributed by atoms with Crippen LogP contribution in [0, 0.1) is 5.92 Å². The van der Waals surface area contributed by atoms with Crippen molar-refractivity contribution in [3.05, 3.63) is 35.5 Å². The molecule has 1 aliphatic carbocycles. The van der Waals surface area contributed by atoms with Crippen LogP contribution < -0.4 is 22.1 Å². The standard InChI is InChI=1S/C15H18N8O3/c16-12-11(18-1-2-19-12)15(26)20-6-7-3-8(4-7)21-14(25)10-5-9(13(17)24)22-23-10/h1-2,5,7-8H,3-4,6H2,(H2,16,19)(H2,17,24)(H,20,26)(H,21,25)(H,22,23). The van der Waals surface area contributed by atoms with Crippen molar-refractivity contribution < 1.29 is 14.4 Å². The number of anilines is 1. The molecule has 11 heteroatoms. The molecule has 2 aromatic heterocycles. The van der Waals surface area contributed by atoms with Crippen LogP contribution in [-0.2, 0) is 0 Å². The van der Waals surface area contributed by atoms with Crippen LogP contribution in [0.1, 0.15) is 44.3 Å². The molecule has 1 fully saturated rings. The molecule has 7 N–H and O–H groups in total. The maximum atomic E-state index is 12.0. The Bertz CT molecular complexity index is 843. The highest BCUT2D eigenvalue weighted by atomic mass is 16.2. The van der Waals surface area contributed by atoms with Gasteiger partial charge in [0.1, 0.15) is 5.69 Å². The summed E-state index contributed by atoms with van der Waals surface area (Å²) in [5.74, 6) is -1.11. The lowest BCUT2D eigenvalue weighted by Crippen LogP contribution is -2.47. The Morgan fingerprint density at radius 2 is 1.92 bits per heavy atom. The predicted octanol–water partition coefficient (Wildman–Crippen LogP) is -1.18. The molecule has 0 aliphatic heterocycles. The Balaban J connectivity index is 1.41. The number of H-pyrrole nitrogens is 1. The third kappa shape index (κ3) is 3.77. The molecule has 3 rings (SSSR count). The summed E-state index contributed by atoms with van der Waals surface area (Å²) < 4.78 is 0. The fraction of sp³-hybridized carbons (Fsp3) is 0.333. The first-order valence-corrected chi connectivity index (χ1v) is 7.94. The van der Waals surface area contributed by atoms with E-state index in [1.807, 2.05) is 0 Å². The Hall–Kier alpha value is -3.50. The molecule has 0 saturated heterocycles.